The molecule has 140 valence electrons. The first-order valence-electron chi connectivity index (χ1n) is 10.5. The maximum Gasteiger partial charge on any atom is -0.0221 e. The van der Waals surface area contributed by atoms with Crippen molar-refractivity contribution in [2.24, 2.45) is 28.1 Å². The fourth-order valence-electron chi connectivity index (χ4n) is 4.86. The first-order valence-corrected chi connectivity index (χ1v) is 10.5. The highest BCUT2D eigenvalue weighted by Crippen LogP contribution is 2.60. The predicted octanol–water partition coefficient (Wildman–Crippen LogP) is 8.50. The monoisotopic (exact) mass is 324 g/mol. The lowest BCUT2D eigenvalue weighted by atomic mass is 9.48. The molecule has 0 radical (unpaired) electrons. The third-order valence-electron chi connectivity index (χ3n) is 7.76. The Kier molecular flexibility index (Phi) is 9.47. The summed E-state index contributed by atoms with van der Waals surface area (Å²) in [6, 6.07) is 0. The molecule has 23 heavy (non-hydrogen) atoms. The van der Waals surface area contributed by atoms with Gasteiger partial charge in [0.1, 0.15) is 0 Å². The van der Waals surface area contributed by atoms with Gasteiger partial charge < -0.3 is 0 Å². The van der Waals surface area contributed by atoms with E-state index in [0.29, 0.717) is 16.2 Å². The van der Waals surface area contributed by atoms with Crippen molar-refractivity contribution in [3.05, 3.63) is 0 Å². The second-order valence-corrected chi connectivity index (χ2v) is 9.74. The Hall–Kier alpha value is 0. The molecule has 0 amide bonds. The molecule has 0 N–H and O–H groups in total. The van der Waals surface area contributed by atoms with E-state index in [-0.39, 0.29) is 0 Å². The van der Waals surface area contributed by atoms with E-state index in [0.717, 1.165) is 11.8 Å². The quantitative estimate of drug-likeness (QED) is 0.337. The van der Waals surface area contributed by atoms with Crippen LogP contribution in [0.25, 0.3) is 0 Å². The second-order valence-electron chi connectivity index (χ2n) is 9.74. The van der Waals surface area contributed by atoms with Crippen LogP contribution in [0.3, 0.4) is 0 Å². The Bertz CT molecular complexity index is 314. The Morgan fingerprint density at radius 3 is 1.65 bits per heavy atom. The molecule has 0 nitrogen and oxygen atoms in total. The van der Waals surface area contributed by atoms with Crippen molar-refractivity contribution in [1.82, 2.24) is 0 Å². The molecule has 0 heteroatoms. The van der Waals surface area contributed by atoms with Crippen LogP contribution < -0.4 is 0 Å². The van der Waals surface area contributed by atoms with Gasteiger partial charge in [-0.2, -0.15) is 0 Å². The Morgan fingerprint density at radius 2 is 1.26 bits per heavy atom. The molecular formula is C23H48. The van der Waals surface area contributed by atoms with E-state index < -0.39 is 0 Å². The van der Waals surface area contributed by atoms with E-state index >= 15 is 0 Å². The largest absolute Gasteiger partial charge is 0.0654 e. The first kappa shape index (κ1) is 23.0. The third-order valence-corrected chi connectivity index (χ3v) is 7.76. The highest BCUT2D eigenvalue weighted by molar-refractivity contribution is 5.00. The van der Waals surface area contributed by atoms with Gasteiger partial charge in [0, 0.05) is 0 Å². The Morgan fingerprint density at radius 1 is 0.739 bits per heavy atom. The van der Waals surface area contributed by atoms with Gasteiger partial charge in [-0.1, -0.05) is 101 Å². The van der Waals surface area contributed by atoms with Crippen molar-refractivity contribution in [3.63, 3.8) is 0 Å². The molecule has 0 aliphatic heterocycles. The van der Waals surface area contributed by atoms with Crippen LogP contribution in [0.15, 0.2) is 0 Å². The van der Waals surface area contributed by atoms with Gasteiger partial charge in [0.15, 0.2) is 0 Å². The minimum absolute atomic E-state index is 0.419. The fraction of sp³-hybridized carbons (Fsp3) is 1.00. The molecule has 0 spiro atoms. The van der Waals surface area contributed by atoms with E-state index in [1.165, 1.54) is 51.4 Å². The highest BCUT2D eigenvalue weighted by atomic mass is 14.6. The standard InChI is InChI=1S/C23H48/c1-11-16-21(7,8)23(10,22(9,13-3)17-12-2)18-14-15-20(6)19(4)5/h19-20H,11-18H2,1-10H3. The lowest BCUT2D eigenvalue weighted by Gasteiger charge is -2.56. The Labute approximate surface area is 149 Å². The summed E-state index contributed by atoms with van der Waals surface area (Å²) in [4.78, 5) is 0. The molecule has 0 heterocycles. The van der Waals surface area contributed by atoms with E-state index in [4.69, 9.17) is 0 Å². The minimum atomic E-state index is 0.419. The van der Waals surface area contributed by atoms with Crippen molar-refractivity contribution in [2.45, 2.75) is 121 Å². The number of hydrogen-bond donors (Lipinski definition) is 0. The van der Waals surface area contributed by atoms with Gasteiger partial charge in [0.2, 0.25) is 0 Å². The van der Waals surface area contributed by atoms with Crippen LogP contribution >= 0.6 is 0 Å². The summed E-state index contributed by atoms with van der Waals surface area (Å²) in [7, 11) is 0. The van der Waals surface area contributed by atoms with Gasteiger partial charge in [-0.25, -0.2) is 0 Å². The van der Waals surface area contributed by atoms with Gasteiger partial charge in [0.05, 0.1) is 0 Å². The zero-order chi connectivity index (χ0) is 18.3. The van der Waals surface area contributed by atoms with Crippen LogP contribution in [0.2, 0.25) is 0 Å². The van der Waals surface area contributed by atoms with E-state index in [1.807, 2.05) is 0 Å². The maximum absolute atomic E-state index is 2.63. The fourth-order valence-corrected chi connectivity index (χ4v) is 4.86. The van der Waals surface area contributed by atoms with Gasteiger partial charge in [-0.05, 0) is 47.3 Å². The predicted molar refractivity (Wildman–Crippen MR) is 108 cm³/mol. The van der Waals surface area contributed by atoms with Crippen molar-refractivity contribution in [1.29, 1.82) is 0 Å². The van der Waals surface area contributed by atoms with Crippen LogP contribution in [0.4, 0.5) is 0 Å². The molecule has 0 aromatic heterocycles. The summed E-state index contributed by atoms with van der Waals surface area (Å²) in [6.07, 6.45) is 10.8. The van der Waals surface area contributed by atoms with Crippen LogP contribution in [0.1, 0.15) is 121 Å². The van der Waals surface area contributed by atoms with Crippen LogP contribution in [0.5, 0.6) is 0 Å². The van der Waals surface area contributed by atoms with Crippen molar-refractivity contribution >= 4 is 0 Å². The average molecular weight is 325 g/mol. The Balaban J connectivity index is 5.38. The van der Waals surface area contributed by atoms with E-state index in [1.54, 1.807) is 0 Å². The van der Waals surface area contributed by atoms with Crippen molar-refractivity contribution in [3.8, 4) is 0 Å². The molecule has 0 rings (SSSR count). The van der Waals surface area contributed by atoms with Crippen molar-refractivity contribution in [2.75, 3.05) is 0 Å². The van der Waals surface area contributed by atoms with Crippen LogP contribution in [-0.2, 0) is 0 Å². The number of hydrogen-bond acceptors (Lipinski definition) is 0. The van der Waals surface area contributed by atoms with Gasteiger partial charge in [-0.3, -0.25) is 0 Å². The summed E-state index contributed by atoms with van der Waals surface area (Å²) in [5.41, 5.74) is 1.31. The molecule has 0 saturated heterocycles. The molecule has 0 aliphatic carbocycles. The summed E-state index contributed by atoms with van der Waals surface area (Å²) in [5, 5.41) is 0. The minimum Gasteiger partial charge on any atom is -0.0654 e. The van der Waals surface area contributed by atoms with Gasteiger partial charge in [-0.15, -0.1) is 0 Å². The smallest absolute Gasteiger partial charge is 0.0221 e. The maximum atomic E-state index is 2.63. The molecule has 0 aromatic carbocycles. The van der Waals surface area contributed by atoms with Gasteiger partial charge >= 0.3 is 0 Å². The second kappa shape index (κ2) is 9.47. The SMILES string of the molecule is CCCC(C)(C)C(C)(CCCC(C)C(C)C)C(C)(CC)CCC. The topological polar surface area (TPSA) is 0 Å². The zero-order valence-electron chi connectivity index (χ0n) is 18.3. The molecule has 3 atom stereocenters. The molecule has 0 bridgehead atoms. The lowest BCUT2D eigenvalue weighted by molar-refractivity contribution is -0.0706. The highest BCUT2D eigenvalue weighted by Gasteiger charge is 2.50. The number of rotatable bonds is 12. The normalized spacial score (nSPS) is 19.4. The zero-order valence-corrected chi connectivity index (χ0v) is 18.3. The third kappa shape index (κ3) is 5.50. The molecular weight excluding hydrogens is 276 g/mol. The van der Waals surface area contributed by atoms with E-state index in [2.05, 4.69) is 69.2 Å². The van der Waals surface area contributed by atoms with E-state index in [9.17, 15) is 0 Å². The lowest BCUT2D eigenvalue weighted by Crippen LogP contribution is -2.48. The summed E-state index contributed by atoms with van der Waals surface area (Å²) in [6.45, 7) is 24.6. The summed E-state index contributed by atoms with van der Waals surface area (Å²) < 4.78 is 0. The summed E-state index contributed by atoms with van der Waals surface area (Å²) in [5.74, 6) is 1.67. The molecule has 0 aromatic rings. The van der Waals surface area contributed by atoms with Crippen LogP contribution in [-0.4, -0.2) is 0 Å². The van der Waals surface area contributed by atoms with Crippen LogP contribution in [0, 0.1) is 28.1 Å². The molecule has 0 saturated carbocycles. The molecule has 0 aliphatic rings. The average Bonchev–Trinajstić information content (AvgIpc) is 2.46. The van der Waals surface area contributed by atoms with Gasteiger partial charge in [0.25, 0.3) is 0 Å². The van der Waals surface area contributed by atoms with Crippen molar-refractivity contribution < 1.29 is 0 Å². The molecule has 3 unspecified atom stereocenters. The molecule has 0 fully saturated rings. The first-order chi connectivity index (χ1) is 10.5. The summed E-state index contributed by atoms with van der Waals surface area (Å²) >= 11 is 0.